The van der Waals surface area contributed by atoms with E-state index >= 15 is 0 Å². The Labute approximate surface area is 118 Å². The molecule has 0 amide bonds. The van der Waals surface area contributed by atoms with E-state index in [9.17, 15) is 0 Å². The number of nitrogen functional groups attached to an aromatic ring is 1. The molecule has 112 valence electrons. The molecule has 8 heteroatoms. The van der Waals surface area contributed by atoms with Gasteiger partial charge in [-0.3, -0.25) is 5.43 Å². The largest absolute Gasteiger partial charge is 0.461 e. The monoisotopic (exact) mass is 282 g/mol. The molecule has 8 nitrogen and oxygen atoms in total. The third kappa shape index (κ3) is 3.91. The first kappa shape index (κ1) is 14.7. The summed E-state index contributed by atoms with van der Waals surface area (Å²) in [4.78, 5) is 12.5. The minimum atomic E-state index is -0.0137. The Bertz CT molecular complexity index is 442. The van der Waals surface area contributed by atoms with E-state index in [-0.39, 0.29) is 18.1 Å². The van der Waals surface area contributed by atoms with Crippen molar-refractivity contribution in [1.29, 1.82) is 0 Å². The summed E-state index contributed by atoms with van der Waals surface area (Å²) in [6, 6.07) is 0.548. The predicted octanol–water partition coefficient (Wildman–Crippen LogP) is 0.924. The van der Waals surface area contributed by atoms with Gasteiger partial charge in [0.2, 0.25) is 11.9 Å². The molecule has 2 atom stereocenters. The van der Waals surface area contributed by atoms with Crippen LogP contribution < -0.4 is 21.3 Å². The lowest BCUT2D eigenvalue weighted by molar-refractivity contribution is 0.108. The number of rotatable bonds is 6. The third-order valence-electron chi connectivity index (χ3n) is 3.14. The van der Waals surface area contributed by atoms with Crippen LogP contribution in [0.1, 0.15) is 33.1 Å². The van der Waals surface area contributed by atoms with Crippen molar-refractivity contribution in [3.05, 3.63) is 0 Å². The summed E-state index contributed by atoms with van der Waals surface area (Å²) in [6.45, 7) is 3.82. The Morgan fingerprint density at radius 1 is 1.20 bits per heavy atom. The zero-order valence-corrected chi connectivity index (χ0v) is 12.1. The maximum Gasteiger partial charge on any atom is 0.323 e. The van der Waals surface area contributed by atoms with E-state index in [1.54, 1.807) is 7.11 Å². The summed E-state index contributed by atoms with van der Waals surface area (Å²) in [6.07, 6.45) is 3.29. The van der Waals surface area contributed by atoms with Gasteiger partial charge in [0.05, 0.1) is 12.2 Å². The van der Waals surface area contributed by atoms with Gasteiger partial charge in [0.15, 0.2) is 0 Å². The lowest BCUT2D eigenvalue weighted by Gasteiger charge is -2.14. The molecule has 1 aliphatic carbocycles. The molecule has 1 saturated carbocycles. The summed E-state index contributed by atoms with van der Waals surface area (Å²) < 4.78 is 10.8. The summed E-state index contributed by atoms with van der Waals surface area (Å²) in [5.41, 5.74) is 2.42. The van der Waals surface area contributed by atoms with Crippen LogP contribution in [0.3, 0.4) is 0 Å². The van der Waals surface area contributed by atoms with Crippen molar-refractivity contribution >= 4 is 11.9 Å². The van der Waals surface area contributed by atoms with Crippen molar-refractivity contribution in [1.82, 2.24) is 15.0 Å². The normalized spacial score (nSPS) is 22.1. The van der Waals surface area contributed by atoms with Crippen LogP contribution in [-0.2, 0) is 4.74 Å². The van der Waals surface area contributed by atoms with Crippen LogP contribution in [0.5, 0.6) is 6.01 Å². The number of nitrogens with two attached hydrogens (primary N) is 1. The molecule has 1 aromatic rings. The second-order valence-corrected chi connectivity index (χ2v) is 5.09. The van der Waals surface area contributed by atoms with Crippen molar-refractivity contribution in [3.63, 3.8) is 0 Å². The van der Waals surface area contributed by atoms with Gasteiger partial charge in [0.25, 0.3) is 0 Å². The average Bonchev–Trinajstić information content (AvgIpc) is 2.85. The highest BCUT2D eigenvalue weighted by molar-refractivity contribution is 5.36. The van der Waals surface area contributed by atoms with Crippen LogP contribution in [0.25, 0.3) is 0 Å². The predicted molar refractivity (Wildman–Crippen MR) is 75.5 cm³/mol. The smallest absolute Gasteiger partial charge is 0.323 e. The van der Waals surface area contributed by atoms with Crippen molar-refractivity contribution in [3.8, 4) is 6.01 Å². The molecule has 2 unspecified atom stereocenters. The standard InChI is InChI=1S/C12H22N6O2/c1-7(2)20-12-16-10(15-11(17-12)18-13)14-8-4-5-9(6-8)19-3/h7-9H,4-6,13H2,1-3H3,(H2,14,15,16,17,18). The van der Waals surface area contributed by atoms with Crippen LogP contribution in [0.4, 0.5) is 11.9 Å². The molecule has 2 rings (SSSR count). The molecule has 4 N–H and O–H groups in total. The van der Waals surface area contributed by atoms with Crippen LogP contribution in [0, 0.1) is 0 Å². The van der Waals surface area contributed by atoms with Gasteiger partial charge in [0.1, 0.15) is 0 Å². The molecule has 20 heavy (non-hydrogen) atoms. The van der Waals surface area contributed by atoms with Crippen molar-refractivity contribution < 1.29 is 9.47 Å². The van der Waals surface area contributed by atoms with Gasteiger partial charge in [-0.25, -0.2) is 5.84 Å². The van der Waals surface area contributed by atoms with Crippen LogP contribution >= 0.6 is 0 Å². The fourth-order valence-electron chi connectivity index (χ4n) is 2.22. The number of nitrogens with one attached hydrogen (secondary N) is 2. The lowest BCUT2D eigenvalue weighted by Crippen LogP contribution is -2.21. The van der Waals surface area contributed by atoms with E-state index in [1.807, 2.05) is 13.8 Å². The molecular formula is C12H22N6O2. The molecule has 0 bridgehead atoms. The molecule has 0 aliphatic heterocycles. The number of nitrogens with zero attached hydrogens (tertiary/aromatic N) is 3. The van der Waals surface area contributed by atoms with Gasteiger partial charge in [0, 0.05) is 13.2 Å². The maximum absolute atomic E-state index is 5.48. The molecule has 1 fully saturated rings. The molecule has 1 aromatic heterocycles. The Hall–Kier alpha value is -1.67. The van der Waals surface area contributed by atoms with E-state index < -0.39 is 0 Å². The van der Waals surface area contributed by atoms with E-state index in [4.69, 9.17) is 15.3 Å². The Morgan fingerprint density at radius 2 is 1.95 bits per heavy atom. The van der Waals surface area contributed by atoms with E-state index in [2.05, 4.69) is 25.7 Å². The molecule has 0 radical (unpaired) electrons. The molecular weight excluding hydrogens is 260 g/mol. The summed E-state index contributed by atoms with van der Waals surface area (Å²) in [5, 5.41) is 3.28. The zero-order valence-electron chi connectivity index (χ0n) is 12.1. The van der Waals surface area contributed by atoms with E-state index in [0.29, 0.717) is 18.1 Å². The minimum absolute atomic E-state index is 0.0137. The highest BCUT2D eigenvalue weighted by atomic mass is 16.5. The first-order chi connectivity index (χ1) is 9.60. The Balaban J connectivity index is 2.06. The Morgan fingerprint density at radius 3 is 2.55 bits per heavy atom. The quantitative estimate of drug-likeness (QED) is 0.522. The van der Waals surface area contributed by atoms with Crippen molar-refractivity contribution in [2.75, 3.05) is 17.9 Å². The van der Waals surface area contributed by atoms with Crippen LogP contribution in [0.2, 0.25) is 0 Å². The topological polar surface area (TPSA) is 107 Å². The van der Waals surface area contributed by atoms with Gasteiger partial charge in [-0.05, 0) is 33.1 Å². The molecule has 1 heterocycles. The SMILES string of the molecule is COC1CCC(Nc2nc(NN)nc(OC(C)C)n2)C1. The van der Waals surface area contributed by atoms with Crippen LogP contribution in [-0.4, -0.2) is 40.3 Å². The number of methoxy groups -OCH3 is 1. The summed E-state index contributed by atoms with van der Waals surface area (Å²) in [5.74, 6) is 6.10. The van der Waals surface area contributed by atoms with Gasteiger partial charge in [-0.15, -0.1) is 0 Å². The van der Waals surface area contributed by atoms with Gasteiger partial charge < -0.3 is 14.8 Å². The van der Waals surface area contributed by atoms with Crippen molar-refractivity contribution in [2.24, 2.45) is 5.84 Å². The second-order valence-electron chi connectivity index (χ2n) is 5.09. The highest BCUT2D eigenvalue weighted by Gasteiger charge is 2.25. The van der Waals surface area contributed by atoms with E-state index in [1.165, 1.54) is 0 Å². The van der Waals surface area contributed by atoms with Crippen LogP contribution in [0.15, 0.2) is 0 Å². The third-order valence-corrected chi connectivity index (χ3v) is 3.14. The van der Waals surface area contributed by atoms with Gasteiger partial charge in [-0.1, -0.05) is 0 Å². The molecule has 0 saturated heterocycles. The molecule has 1 aliphatic rings. The maximum atomic E-state index is 5.48. The number of hydrogen-bond acceptors (Lipinski definition) is 8. The van der Waals surface area contributed by atoms with Gasteiger partial charge >= 0.3 is 6.01 Å². The minimum Gasteiger partial charge on any atom is -0.461 e. The Kier molecular flexibility index (Phi) is 4.91. The second kappa shape index (κ2) is 6.67. The highest BCUT2D eigenvalue weighted by Crippen LogP contribution is 2.24. The first-order valence-electron chi connectivity index (χ1n) is 6.79. The van der Waals surface area contributed by atoms with E-state index in [0.717, 1.165) is 19.3 Å². The summed E-state index contributed by atoms with van der Waals surface area (Å²) >= 11 is 0. The number of aromatic nitrogens is 3. The number of hydrazine groups is 1. The van der Waals surface area contributed by atoms with Gasteiger partial charge in [-0.2, -0.15) is 15.0 Å². The summed E-state index contributed by atoms with van der Waals surface area (Å²) in [7, 11) is 1.74. The number of ether oxygens (including phenoxy) is 2. The molecule has 0 aromatic carbocycles. The van der Waals surface area contributed by atoms with Crippen molar-refractivity contribution in [2.45, 2.75) is 51.4 Å². The number of anilines is 2. The first-order valence-corrected chi connectivity index (χ1v) is 6.79. The average molecular weight is 282 g/mol. The number of hydrogen-bond donors (Lipinski definition) is 3. The fraction of sp³-hybridized carbons (Fsp3) is 0.750. The lowest BCUT2D eigenvalue weighted by atomic mass is 10.2. The fourth-order valence-corrected chi connectivity index (χ4v) is 2.22. The zero-order chi connectivity index (χ0) is 14.5. The molecule has 0 spiro atoms.